The lowest BCUT2D eigenvalue weighted by atomic mass is 10.1. The molecule has 0 aromatic heterocycles. The standard InChI is InChI=1S/C21H27N3O4S/c1-6-20(21(26)23-18-10-8-17(9-11-18)22-16(4)25)24(29(5,27)28)19-12-7-14(2)15(3)13-19/h7-13,20H,6H2,1-5H3,(H,22,25)(H,23,26). The Kier molecular flexibility index (Phi) is 7.02. The van der Waals surface area contributed by atoms with Gasteiger partial charge in [-0.1, -0.05) is 13.0 Å². The quantitative estimate of drug-likeness (QED) is 0.721. The third kappa shape index (κ3) is 5.80. The van der Waals surface area contributed by atoms with Crippen molar-refractivity contribution in [3.8, 4) is 0 Å². The Morgan fingerprint density at radius 2 is 1.52 bits per heavy atom. The zero-order chi connectivity index (χ0) is 21.8. The molecule has 29 heavy (non-hydrogen) atoms. The minimum absolute atomic E-state index is 0.190. The second-order valence-corrected chi connectivity index (χ2v) is 8.86. The predicted octanol–water partition coefficient (Wildman–Crippen LogP) is 3.45. The highest BCUT2D eigenvalue weighted by Gasteiger charge is 2.31. The zero-order valence-electron chi connectivity index (χ0n) is 17.3. The smallest absolute Gasteiger partial charge is 0.248 e. The highest BCUT2D eigenvalue weighted by Crippen LogP contribution is 2.26. The molecular formula is C21H27N3O4S. The number of hydrogen-bond acceptors (Lipinski definition) is 4. The van der Waals surface area contributed by atoms with Gasteiger partial charge in [-0.15, -0.1) is 0 Å². The van der Waals surface area contributed by atoms with Crippen molar-refractivity contribution in [3.63, 3.8) is 0 Å². The molecular weight excluding hydrogens is 390 g/mol. The fraction of sp³-hybridized carbons (Fsp3) is 0.333. The van der Waals surface area contributed by atoms with E-state index in [1.165, 1.54) is 11.2 Å². The molecule has 2 N–H and O–H groups in total. The molecule has 0 heterocycles. The van der Waals surface area contributed by atoms with E-state index in [2.05, 4.69) is 10.6 Å². The van der Waals surface area contributed by atoms with Crippen molar-refractivity contribution < 1.29 is 18.0 Å². The van der Waals surface area contributed by atoms with Crippen LogP contribution in [0, 0.1) is 13.8 Å². The molecule has 7 nitrogen and oxygen atoms in total. The second-order valence-electron chi connectivity index (χ2n) is 7.00. The molecule has 0 saturated heterocycles. The molecule has 0 bridgehead atoms. The number of anilines is 3. The first kappa shape index (κ1) is 22.4. The van der Waals surface area contributed by atoms with Crippen LogP contribution in [-0.2, 0) is 19.6 Å². The Labute approximate surface area is 172 Å². The van der Waals surface area contributed by atoms with Gasteiger partial charge in [0.2, 0.25) is 21.8 Å². The minimum atomic E-state index is -3.69. The summed E-state index contributed by atoms with van der Waals surface area (Å²) in [5.41, 5.74) is 3.56. The monoisotopic (exact) mass is 417 g/mol. The lowest BCUT2D eigenvalue weighted by Gasteiger charge is -2.30. The molecule has 0 saturated carbocycles. The molecule has 0 fully saturated rings. The summed E-state index contributed by atoms with van der Waals surface area (Å²) in [5.74, 6) is -0.617. The number of carbonyl (C=O) groups is 2. The van der Waals surface area contributed by atoms with Crippen molar-refractivity contribution >= 4 is 38.9 Å². The van der Waals surface area contributed by atoms with Gasteiger partial charge in [0.05, 0.1) is 11.9 Å². The van der Waals surface area contributed by atoms with E-state index in [1.807, 2.05) is 19.9 Å². The summed E-state index contributed by atoms with van der Waals surface area (Å²) < 4.78 is 26.2. The van der Waals surface area contributed by atoms with Crippen molar-refractivity contribution in [2.24, 2.45) is 0 Å². The number of nitrogens with one attached hydrogen (secondary N) is 2. The number of benzene rings is 2. The number of sulfonamides is 1. The van der Waals surface area contributed by atoms with E-state index in [1.54, 1.807) is 43.3 Å². The topological polar surface area (TPSA) is 95.6 Å². The van der Waals surface area contributed by atoms with Crippen molar-refractivity contribution in [3.05, 3.63) is 53.6 Å². The van der Waals surface area contributed by atoms with Gasteiger partial charge in [0.15, 0.2) is 0 Å². The molecule has 2 amide bonds. The van der Waals surface area contributed by atoms with Crippen molar-refractivity contribution in [1.29, 1.82) is 0 Å². The highest BCUT2D eigenvalue weighted by molar-refractivity contribution is 7.92. The summed E-state index contributed by atoms with van der Waals surface area (Å²) in [4.78, 5) is 24.0. The maximum absolute atomic E-state index is 12.9. The number of aryl methyl sites for hydroxylation is 2. The van der Waals surface area contributed by atoms with E-state index in [-0.39, 0.29) is 5.91 Å². The molecule has 8 heteroatoms. The van der Waals surface area contributed by atoms with E-state index in [0.717, 1.165) is 17.4 Å². The van der Waals surface area contributed by atoms with Gasteiger partial charge < -0.3 is 10.6 Å². The molecule has 0 aliphatic rings. The van der Waals surface area contributed by atoms with Gasteiger partial charge in [0.1, 0.15) is 6.04 Å². The van der Waals surface area contributed by atoms with Gasteiger partial charge in [-0.2, -0.15) is 0 Å². The molecule has 0 radical (unpaired) electrons. The number of carbonyl (C=O) groups excluding carboxylic acids is 2. The lowest BCUT2D eigenvalue weighted by molar-refractivity contribution is -0.117. The Hall–Kier alpha value is -2.87. The third-order valence-electron chi connectivity index (χ3n) is 4.55. The largest absolute Gasteiger partial charge is 0.326 e. The average molecular weight is 418 g/mol. The van der Waals surface area contributed by atoms with Crippen LogP contribution in [0.3, 0.4) is 0 Å². The average Bonchev–Trinajstić information content (AvgIpc) is 2.62. The summed E-state index contributed by atoms with van der Waals surface area (Å²) in [6.07, 6.45) is 1.40. The van der Waals surface area contributed by atoms with Crippen molar-refractivity contribution in [1.82, 2.24) is 0 Å². The number of rotatable bonds is 7. The Balaban J connectivity index is 2.30. The first-order valence-electron chi connectivity index (χ1n) is 9.28. The summed E-state index contributed by atoms with van der Waals surface area (Å²) in [6.45, 7) is 7.02. The molecule has 2 rings (SSSR count). The van der Waals surface area contributed by atoms with Crippen molar-refractivity contribution in [2.75, 3.05) is 21.2 Å². The number of nitrogens with zero attached hydrogens (tertiary/aromatic N) is 1. The van der Waals surface area contributed by atoms with E-state index in [4.69, 9.17) is 0 Å². The summed E-state index contributed by atoms with van der Waals surface area (Å²) in [6, 6.07) is 11.0. The molecule has 2 aromatic carbocycles. The fourth-order valence-corrected chi connectivity index (χ4v) is 4.19. The third-order valence-corrected chi connectivity index (χ3v) is 5.73. The maximum Gasteiger partial charge on any atom is 0.248 e. The number of hydrogen-bond donors (Lipinski definition) is 2. The number of amides is 2. The van der Waals surface area contributed by atoms with Crippen LogP contribution in [0.2, 0.25) is 0 Å². The van der Waals surface area contributed by atoms with E-state index in [9.17, 15) is 18.0 Å². The normalized spacial score (nSPS) is 12.2. The first-order valence-corrected chi connectivity index (χ1v) is 11.1. The molecule has 0 spiro atoms. The molecule has 0 aliphatic heterocycles. The van der Waals surface area contributed by atoms with Crippen LogP contribution < -0.4 is 14.9 Å². The zero-order valence-corrected chi connectivity index (χ0v) is 18.1. The van der Waals surface area contributed by atoms with Crippen LogP contribution in [0.5, 0.6) is 0 Å². The molecule has 1 atom stereocenters. The Morgan fingerprint density at radius 1 is 0.966 bits per heavy atom. The van der Waals surface area contributed by atoms with Gasteiger partial charge in [0.25, 0.3) is 0 Å². The molecule has 0 aliphatic carbocycles. The van der Waals surface area contributed by atoms with Crippen LogP contribution in [0.1, 0.15) is 31.4 Å². The first-order chi connectivity index (χ1) is 13.5. The van der Waals surface area contributed by atoms with Crippen LogP contribution in [0.4, 0.5) is 17.1 Å². The molecule has 1 unspecified atom stereocenters. The van der Waals surface area contributed by atoms with Gasteiger partial charge in [-0.3, -0.25) is 13.9 Å². The van der Waals surface area contributed by atoms with Crippen LogP contribution in [0.25, 0.3) is 0 Å². The van der Waals surface area contributed by atoms with E-state index >= 15 is 0 Å². The van der Waals surface area contributed by atoms with Crippen LogP contribution in [0.15, 0.2) is 42.5 Å². The minimum Gasteiger partial charge on any atom is -0.326 e. The molecule has 2 aromatic rings. The SMILES string of the molecule is CCC(C(=O)Nc1ccc(NC(C)=O)cc1)N(c1ccc(C)c(C)c1)S(C)(=O)=O. The van der Waals surface area contributed by atoms with Crippen LogP contribution >= 0.6 is 0 Å². The van der Waals surface area contributed by atoms with E-state index in [0.29, 0.717) is 23.5 Å². The van der Waals surface area contributed by atoms with Gasteiger partial charge in [-0.25, -0.2) is 8.42 Å². The molecule has 156 valence electrons. The maximum atomic E-state index is 12.9. The lowest BCUT2D eigenvalue weighted by Crippen LogP contribution is -2.47. The second kappa shape index (κ2) is 9.09. The van der Waals surface area contributed by atoms with Gasteiger partial charge in [0, 0.05) is 18.3 Å². The van der Waals surface area contributed by atoms with E-state index < -0.39 is 22.0 Å². The Morgan fingerprint density at radius 3 is 1.97 bits per heavy atom. The Bertz CT molecular complexity index is 1000. The van der Waals surface area contributed by atoms with Crippen molar-refractivity contribution in [2.45, 2.75) is 40.2 Å². The van der Waals surface area contributed by atoms with Gasteiger partial charge in [-0.05, 0) is 67.8 Å². The van der Waals surface area contributed by atoms with Crippen LogP contribution in [-0.4, -0.2) is 32.5 Å². The summed E-state index contributed by atoms with van der Waals surface area (Å²) in [5, 5.41) is 5.41. The highest BCUT2D eigenvalue weighted by atomic mass is 32.2. The summed E-state index contributed by atoms with van der Waals surface area (Å²) >= 11 is 0. The predicted molar refractivity (Wildman–Crippen MR) is 117 cm³/mol. The van der Waals surface area contributed by atoms with Gasteiger partial charge >= 0.3 is 0 Å². The summed E-state index contributed by atoms with van der Waals surface area (Å²) in [7, 11) is -3.69. The fourth-order valence-electron chi connectivity index (χ4n) is 2.99.